The summed E-state index contributed by atoms with van der Waals surface area (Å²) in [7, 11) is 0. The van der Waals surface area contributed by atoms with Crippen LogP contribution in [0.25, 0.3) is 0 Å². The van der Waals surface area contributed by atoms with Crippen LogP contribution in [0.3, 0.4) is 0 Å². The van der Waals surface area contributed by atoms with Crippen LogP contribution in [0.15, 0.2) is 33.4 Å². The second-order valence-corrected chi connectivity index (χ2v) is 7.73. The van der Waals surface area contributed by atoms with Gasteiger partial charge in [0.1, 0.15) is 11.5 Å². The van der Waals surface area contributed by atoms with Gasteiger partial charge in [-0.25, -0.2) is 0 Å². The van der Waals surface area contributed by atoms with Gasteiger partial charge in [0.05, 0.1) is 25.3 Å². The fourth-order valence-corrected chi connectivity index (χ4v) is 3.88. The smallest absolute Gasteiger partial charge is 0.239 e. The Morgan fingerprint density at radius 2 is 2.07 bits per heavy atom. The number of amides is 3. The van der Waals surface area contributed by atoms with Gasteiger partial charge in [-0.15, -0.1) is 0 Å². The Hall–Kier alpha value is -3.14. The molecule has 0 aromatic carbocycles. The number of likely N-dealkylation sites (tertiary alicyclic amines) is 1. The molecule has 2 saturated heterocycles. The van der Waals surface area contributed by atoms with Crippen molar-refractivity contribution in [3.8, 4) is 0 Å². The maximum atomic E-state index is 12.9. The number of nitrogens with one attached hydrogen (secondary N) is 1. The van der Waals surface area contributed by atoms with Crippen LogP contribution in [0.5, 0.6) is 0 Å². The van der Waals surface area contributed by atoms with Crippen LogP contribution in [0.2, 0.25) is 0 Å². The summed E-state index contributed by atoms with van der Waals surface area (Å²) in [4.78, 5) is 42.8. The van der Waals surface area contributed by atoms with Gasteiger partial charge in [-0.2, -0.15) is 0 Å². The molecular formula is C20H25N5O5. The van der Waals surface area contributed by atoms with Crippen LogP contribution < -0.4 is 5.32 Å². The molecule has 10 nitrogen and oxygen atoms in total. The van der Waals surface area contributed by atoms with E-state index in [-0.39, 0.29) is 36.6 Å². The third-order valence-electron chi connectivity index (χ3n) is 5.44. The topological polar surface area (TPSA) is 112 Å². The molecule has 2 aromatic rings. The molecule has 0 saturated carbocycles. The normalized spacial score (nSPS) is 20.0. The lowest BCUT2D eigenvalue weighted by atomic mass is 10.1. The zero-order valence-corrected chi connectivity index (χ0v) is 16.9. The fraction of sp³-hybridized carbons (Fsp3) is 0.500. The Morgan fingerprint density at radius 3 is 2.73 bits per heavy atom. The molecule has 0 unspecified atom stereocenters. The van der Waals surface area contributed by atoms with Crippen molar-refractivity contribution in [3.63, 3.8) is 0 Å². The highest BCUT2D eigenvalue weighted by molar-refractivity contribution is 5.91. The standard InChI is InChI=1S/C20H25N5O5/c1-14-9-17(22-30-14)21-18(26)13-23-4-6-24(7-5-23)20(28)15-10-19(27)25(11-15)12-16-3-2-8-29-16/h2-3,8-9,15H,4-7,10-13H2,1H3,(H,21,22,26)/t15-/m1/s1. The van der Waals surface area contributed by atoms with Crippen LogP contribution in [0, 0.1) is 12.8 Å². The fourth-order valence-electron chi connectivity index (χ4n) is 3.88. The number of carbonyl (C=O) groups is 3. The highest BCUT2D eigenvalue weighted by Gasteiger charge is 2.37. The van der Waals surface area contributed by atoms with Gasteiger partial charge in [0.2, 0.25) is 17.7 Å². The number of hydrogen-bond donors (Lipinski definition) is 1. The molecule has 1 N–H and O–H groups in total. The number of piperazine rings is 1. The molecule has 2 fully saturated rings. The first kappa shape index (κ1) is 20.1. The molecule has 0 spiro atoms. The third-order valence-corrected chi connectivity index (χ3v) is 5.44. The number of furan rings is 1. The van der Waals surface area contributed by atoms with E-state index < -0.39 is 0 Å². The predicted octanol–water partition coefficient (Wildman–Crippen LogP) is 0.707. The molecule has 2 aliphatic rings. The van der Waals surface area contributed by atoms with Gasteiger partial charge in [-0.3, -0.25) is 19.3 Å². The first-order chi connectivity index (χ1) is 14.5. The molecule has 2 aromatic heterocycles. The summed E-state index contributed by atoms with van der Waals surface area (Å²) in [6.45, 7) is 5.08. The Kier molecular flexibility index (Phi) is 5.84. The first-order valence-electron chi connectivity index (χ1n) is 10.0. The lowest BCUT2D eigenvalue weighted by Crippen LogP contribution is -2.52. The number of hydrogen-bond acceptors (Lipinski definition) is 7. The van der Waals surface area contributed by atoms with Gasteiger partial charge in [0.25, 0.3) is 0 Å². The summed E-state index contributed by atoms with van der Waals surface area (Å²) >= 11 is 0. The maximum absolute atomic E-state index is 12.9. The highest BCUT2D eigenvalue weighted by atomic mass is 16.5. The SMILES string of the molecule is Cc1cc(NC(=O)CN2CCN(C(=O)[C@@H]3CC(=O)N(Cc4ccco4)C3)CC2)no1. The van der Waals surface area contributed by atoms with Crippen LogP contribution in [0.1, 0.15) is 17.9 Å². The van der Waals surface area contributed by atoms with Crippen molar-refractivity contribution in [1.29, 1.82) is 0 Å². The number of anilines is 1. The molecular weight excluding hydrogens is 390 g/mol. The van der Waals surface area contributed by atoms with Crippen molar-refractivity contribution in [2.75, 3.05) is 44.6 Å². The minimum atomic E-state index is -0.322. The average Bonchev–Trinajstić information content (AvgIpc) is 3.45. The Morgan fingerprint density at radius 1 is 1.27 bits per heavy atom. The van der Waals surface area contributed by atoms with Gasteiger partial charge < -0.3 is 24.1 Å². The minimum Gasteiger partial charge on any atom is -0.467 e. The summed E-state index contributed by atoms with van der Waals surface area (Å²) in [5.41, 5.74) is 0. The molecule has 0 aliphatic carbocycles. The van der Waals surface area contributed by atoms with Crippen LogP contribution >= 0.6 is 0 Å². The Balaban J connectivity index is 1.22. The first-order valence-corrected chi connectivity index (χ1v) is 10.0. The van der Waals surface area contributed by atoms with Crippen LogP contribution in [-0.4, -0.2) is 76.8 Å². The van der Waals surface area contributed by atoms with Gasteiger partial charge in [0.15, 0.2) is 5.82 Å². The molecule has 10 heteroatoms. The average molecular weight is 415 g/mol. The van der Waals surface area contributed by atoms with E-state index in [0.29, 0.717) is 56.6 Å². The van der Waals surface area contributed by atoms with E-state index in [4.69, 9.17) is 8.94 Å². The Labute approximate surface area is 173 Å². The third kappa shape index (κ3) is 4.70. The van der Waals surface area contributed by atoms with Crippen molar-refractivity contribution in [1.82, 2.24) is 19.9 Å². The molecule has 0 radical (unpaired) electrons. The monoisotopic (exact) mass is 415 g/mol. The van der Waals surface area contributed by atoms with Crippen molar-refractivity contribution in [2.24, 2.45) is 5.92 Å². The van der Waals surface area contributed by atoms with E-state index in [9.17, 15) is 14.4 Å². The van der Waals surface area contributed by atoms with Crippen LogP contribution in [0.4, 0.5) is 5.82 Å². The number of aromatic nitrogens is 1. The van der Waals surface area contributed by atoms with Gasteiger partial charge in [0, 0.05) is 45.2 Å². The van der Waals surface area contributed by atoms with E-state index in [1.165, 1.54) is 0 Å². The molecule has 2 aliphatic heterocycles. The summed E-state index contributed by atoms with van der Waals surface area (Å²) < 4.78 is 10.2. The number of aryl methyl sites for hydroxylation is 1. The highest BCUT2D eigenvalue weighted by Crippen LogP contribution is 2.23. The molecule has 30 heavy (non-hydrogen) atoms. The summed E-state index contributed by atoms with van der Waals surface area (Å²) in [5.74, 6) is 1.23. The minimum absolute atomic E-state index is 0.00692. The van der Waals surface area contributed by atoms with E-state index in [2.05, 4.69) is 10.5 Å². The van der Waals surface area contributed by atoms with Crippen LogP contribution in [-0.2, 0) is 20.9 Å². The van der Waals surface area contributed by atoms with Crippen molar-refractivity contribution >= 4 is 23.5 Å². The summed E-state index contributed by atoms with van der Waals surface area (Å²) in [6, 6.07) is 5.26. The summed E-state index contributed by atoms with van der Waals surface area (Å²) in [6.07, 6.45) is 1.81. The van der Waals surface area contributed by atoms with Crippen molar-refractivity contribution in [3.05, 3.63) is 36.0 Å². The van der Waals surface area contributed by atoms with E-state index in [1.807, 2.05) is 11.0 Å². The predicted molar refractivity (Wildman–Crippen MR) is 105 cm³/mol. The molecule has 1 atom stereocenters. The van der Waals surface area contributed by atoms with Gasteiger partial charge in [-0.1, -0.05) is 5.16 Å². The van der Waals surface area contributed by atoms with Gasteiger partial charge >= 0.3 is 0 Å². The molecule has 4 rings (SSSR count). The largest absolute Gasteiger partial charge is 0.467 e. The summed E-state index contributed by atoms with van der Waals surface area (Å²) in [5, 5.41) is 6.45. The molecule has 4 heterocycles. The molecule has 160 valence electrons. The quantitative estimate of drug-likeness (QED) is 0.739. The zero-order valence-electron chi connectivity index (χ0n) is 16.9. The number of rotatable bonds is 6. The number of nitrogens with zero attached hydrogens (tertiary/aromatic N) is 4. The van der Waals surface area contributed by atoms with E-state index >= 15 is 0 Å². The lowest BCUT2D eigenvalue weighted by molar-refractivity contribution is -0.137. The Bertz CT molecular complexity index is 901. The van der Waals surface area contributed by atoms with E-state index in [1.54, 1.807) is 35.1 Å². The lowest BCUT2D eigenvalue weighted by Gasteiger charge is -2.35. The van der Waals surface area contributed by atoms with Crippen molar-refractivity contribution in [2.45, 2.75) is 19.9 Å². The zero-order chi connectivity index (χ0) is 21.1. The molecule has 3 amide bonds. The van der Waals surface area contributed by atoms with Crippen molar-refractivity contribution < 1.29 is 23.3 Å². The van der Waals surface area contributed by atoms with Gasteiger partial charge in [-0.05, 0) is 19.1 Å². The second kappa shape index (κ2) is 8.70. The maximum Gasteiger partial charge on any atom is 0.239 e. The second-order valence-electron chi connectivity index (χ2n) is 7.73. The van der Waals surface area contributed by atoms with E-state index in [0.717, 1.165) is 0 Å². The molecule has 0 bridgehead atoms. The number of carbonyl (C=O) groups excluding carboxylic acids is 3.